The second-order valence-electron chi connectivity index (χ2n) is 4.43. The topological polar surface area (TPSA) is 37.8 Å². The van der Waals surface area contributed by atoms with Crippen LogP contribution in [0.2, 0.25) is 0 Å². The van der Waals surface area contributed by atoms with Crippen LogP contribution >= 0.6 is 0 Å². The van der Waals surface area contributed by atoms with Crippen LogP contribution in [0.5, 0.6) is 0 Å². The molecule has 3 heteroatoms. The minimum absolute atomic E-state index is 0.707. The molecule has 0 unspecified atom stereocenters. The highest BCUT2D eigenvalue weighted by atomic mass is 16.1. The monoisotopic (exact) mass is 250 g/mol. The van der Waals surface area contributed by atoms with Gasteiger partial charge < -0.3 is 9.55 Å². The Morgan fingerprint density at radius 3 is 2.58 bits per heavy atom. The Bertz CT molecular complexity index is 666. The summed E-state index contributed by atoms with van der Waals surface area (Å²) in [5, 5.41) is 0. The fraction of sp³-hybridized carbons (Fsp3) is 0.0625. The van der Waals surface area contributed by atoms with Crippen molar-refractivity contribution in [3.63, 3.8) is 0 Å². The van der Waals surface area contributed by atoms with Gasteiger partial charge >= 0.3 is 0 Å². The molecule has 1 aromatic carbocycles. The molecule has 0 saturated heterocycles. The molecule has 0 aliphatic carbocycles. The number of carbonyl (C=O) groups excluding carboxylic acids is 1. The van der Waals surface area contributed by atoms with E-state index in [1.165, 1.54) is 5.56 Å². The normalized spacial score (nSPS) is 10.5. The van der Waals surface area contributed by atoms with Crippen LogP contribution in [0, 0.1) is 0 Å². The molecule has 3 nitrogen and oxygen atoms in total. The first-order valence-electron chi connectivity index (χ1n) is 6.20. The predicted octanol–water partition coefficient (Wildman–Crippen LogP) is 3.34. The Morgan fingerprint density at radius 2 is 1.89 bits per heavy atom. The van der Waals surface area contributed by atoms with Gasteiger partial charge in [0, 0.05) is 24.5 Å². The third kappa shape index (κ3) is 2.22. The third-order valence-electron chi connectivity index (χ3n) is 3.17. The van der Waals surface area contributed by atoms with Crippen LogP contribution < -0.4 is 0 Å². The Balaban J connectivity index is 2.03. The molecule has 0 fully saturated rings. The summed E-state index contributed by atoms with van der Waals surface area (Å²) in [6.45, 7) is 0.753. The molecule has 0 radical (unpaired) electrons. The predicted molar refractivity (Wildman–Crippen MR) is 75.2 cm³/mol. The highest BCUT2D eigenvalue weighted by molar-refractivity contribution is 5.85. The standard InChI is InChI=1S/C16H14N2O/c19-12-14-8-10-18(11-13-5-2-1-3-6-13)16(14)15-7-4-9-17-15/h1-10,12,17H,11H2. The van der Waals surface area contributed by atoms with Crippen molar-refractivity contribution >= 4 is 6.29 Å². The molecular weight excluding hydrogens is 236 g/mol. The Kier molecular flexibility index (Phi) is 3.02. The number of aromatic amines is 1. The first kappa shape index (κ1) is 11.5. The van der Waals surface area contributed by atoms with E-state index in [0.29, 0.717) is 5.56 Å². The van der Waals surface area contributed by atoms with E-state index in [0.717, 1.165) is 24.2 Å². The summed E-state index contributed by atoms with van der Waals surface area (Å²) in [6, 6.07) is 16.0. The number of carbonyl (C=O) groups is 1. The Hall–Kier alpha value is -2.55. The van der Waals surface area contributed by atoms with Crippen molar-refractivity contribution in [3.05, 3.63) is 72.1 Å². The molecule has 0 atom stereocenters. The number of aromatic nitrogens is 2. The zero-order chi connectivity index (χ0) is 13.1. The van der Waals surface area contributed by atoms with Gasteiger partial charge in [-0.15, -0.1) is 0 Å². The summed E-state index contributed by atoms with van der Waals surface area (Å²) in [4.78, 5) is 14.3. The Morgan fingerprint density at radius 1 is 1.05 bits per heavy atom. The number of rotatable bonds is 4. The summed E-state index contributed by atoms with van der Waals surface area (Å²) < 4.78 is 2.09. The zero-order valence-electron chi connectivity index (χ0n) is 10.4. The van der Waals surface area contributed by atoms with Gasteiger partial charge in [-0.3, -0.25) is 4.79 Å². The molecule has 19 heavy (non-hydrogen) atoms. The van der Waals surface area contributed by atoms with Gasteiger partial charge in [0.1, 0.15) is 0 Å². The van der Waals surface area contributed by atoms with Crippen LogP contribution in [0.3, 0.4) is 0 Å². The minimum Gasteiger partial charge on any atom is -0.360 e. The zero-order valence-corrected chi connectivity index (χ0v) is 10.4. The average Bonchev–Trinajstić information content (AvgIpc) is 3.08. The smallest absolute Gasteiger partial charge is 0.152 e. The molecule has 3 rings (SSSR count). The second kappa shape index (κ2) is 4.98. The minimum atomic E-state index is 0.707. The van der Waals surface area contributed by atoms with Crippen LogP contribution in [0.1, 0.15) is 15.9 Å². The number of hydrogen-bond donors (Lipinski definition) is 1. The van der Waals surface area contributed by atoms with E-state index in [2.05, 4.69) is 21.7 Å². The third-order valence-corrected chi connectivity index (χ3v) is 3.17. The lowest BCUT2D eigenvalue weighted by molar-refractivity contribution is 0.112. The van der Waals surface area contributed by atoms with Crippen LogP contribution in [0.15, 0.2) is 60.9 Å². The highest BCUT2D eigenvalue weighted by Crippen LogP contribution is 2.23. The van der Waals surface area contributed by atoms with Crippen molar-refractivity contribution in [1.29, 1.82) is 0 Å². The van der Waals surface area contributed by atoms with Crippen molar-refractivity contribution in [2.75, 3.05) is 0 Å². The lowest BCUT2D eigenvalue weighted by Gasteiger charge is -2.09. The second-order valence-corrected chi connectivity index (χ2v) is 4.43. The number of nitrogens with one attached hydrogen (secondary N) is 1. The van der Waals surface area contributed by atoms with Crippen LogP contribution in [-0.2, 0) is 6.54 Å². The summed E-state index contributed by atoms with van der Waals surface area (Å²) >= 11 is 0. The SMILES string of the molecule is O=Cc1ccn(Cc2ccccc2)c1-c1ccc[nH]1. The summed E-state index contributed by atoms with van der Waals surface area (Å²) in [7, 11) is 0. The maximum Gasteiger partial charge on any atom is 0.152 e. The highest BCUT2D eigenvalue weighted by Gasteiger charge is 2.11. The fourth-order valence-corrected chi connectivity index (χ4v) is 2.28. The van der Waals surface area contributed by atoms with E-state index in [-0.39, 0.29) is 0 Å². The molecule has 2 heterocycles. The van der Waals surface area contributed by atoms with Gasteiger partial charge in [0.25, 0.3) is 0 Å². The summed E-state index contributed by atoms with van der Waals surface area (Å²) in [5.74, 6) is 0. The largest absolute Gasteiger partial charge is 0.360 e. The van der Waals surface area contributed by atoms with Crippen molar-refractivity contribution in [3.8, 4) is 11.4 Å². The average molecular weight is 250 g/mol. The van der Waals surface area contributed by atoms with Gasteiger partial charge in [0.05, 0.1) is 11.4 Å². The molecule has 3 aromatic rings. The molecule has 0 spiro atoms. The van der Waals surface area contributed by atoms with E-state index >= 15 is 0 Å². The van der Waals surface area contributed by atoms with Crippen molar-refractivity contribution in [2.24, 2.45) is 0 Å². The first-order valence-corrected chi connectivity index (χ1v) is 6.20. The number of benzene rings is 1. The van der Waals surface area contributed by atoms with Crippen LogP contribution in [0.4, 0.5) is 0 Å². The summed E-state index contributed by atoms with van der Waals surface area (Å²) in [5.41, 5.74) is 3.81. The summed E-state index contributed by atoms with van der Waals surface area (Å²) in [6.07, 6.45) is 4.72. The molecule has 0 saturated carbocycles. The van der Waals surface area contributed by atoms with Crippen molar-refractivity contribution in [2.45, 2.75) is 6.54 Å². The molecule has 0 aliphatic rings. The van der Waals surface area contributed by atoms with Gasteiger partial charge in [0.15, 0.2) is 6.29 Å². The first-order chi connectivity index (χ1) is 9.38. The van der Waals surface area contributed by atoms with E-state index in [1.54, 1.807) is 0 Å². The molecule has 2 aromatic heterocycles. The van der Waals surface area contributed by atoms with Crippen LogP contribution in [0.25, 0.3) is 11.4 Å². The maximum absolute atomic E-state index is 11.2. The van der Waals surface area contributed by atoms with Crippen molar-refractivity contribution < 1.29 is 4.79 Å². The fourth-order valence-electron chi connectivity index (χ4n) is 2.28. The maximum atomic E-state index is 11.2. The molecule has 94 valence electrons. The van der Waals surface area contributed by atoms with Crippen LogP contribution in [-0.4, -0.2) is 15.8 Å². The van der Waals surface area contributed by atoms with E-state index in [1.807, 2.05) is 48.8 Å². The van der Waals surface area contributed by atoms with E-state index < -0.39 is 0 Å². The number of aldehydes is 1. The molecular formula is C16H14N2O. The van der Waals surface area contributed by atoms with Gasteiger partial charge in [-0.2, -0.15) is 0 Å². The molecule has 1 N–H and O–H groups in total. The lowest BCUT2D eigenvalue weighted by Crippen LogP contribution is -2.01. The van der Waals surface area contributed by atoms with Gasteiger partial charge in [-0.05, 0) is 23.8 Å². The lowest BCUT2D eigenvalue weighted by atomic mass is 10.2. The quantitative estimate of drug-likeness (QED) is 0.708. The molecule has 0 amide bonds. The van der Waals surface area contributed by atoms with Gasteiger partial charge in [-0.1, -0.05) is 30.3 Å². The number of hydrogen-bond acceptors (Lipinski definition) is 1. The van der Waals surface area contributed by atoms with E-state index in [9.17, 15) is 4.79 Å². The van der Waals surface area contributed by atoms with Crippen molar-refractivity contribution in [1.82, 2.24) is 9.55 Å². The van der Waals surface area contributed by atoms with Gasteiger partial charge in [0.2, 0.25) is 0 Å². The molecule has 0 bridgehead atoms. The Labute approximate surface area is 111 Å². The van der Waals surface area contributed by atoms with Gasteiger partial charge in [-0.25, -0.2) is 0 Å². The molecule has 0 aliphatic heterocycles. The van der Waals surface area contributed by atoms with E-state index in [4.69, 9.17) is 0 Å². The number of nitrogens with zero attached hydrogens (tertiary/aromatic N) is 1. The number of H-pyrrole nitrogens is 1.